The first-order chi connectivity index (χ1) is 13.8. The molecule has 30 heavy (non-hydrogen) atoms. The van der Waals surface area contributed by atoms with Crippen LogP contribution in [0.25, 0.3) is 0 Å². The van der Waals surface area contributed by atoms with E-state index in [2.05, 4.69) is 59.9 Å². The molecule has 0 bridgehead atoms. The molecule has 0 aliphatic heterocycles. The first kappa shape index (κ1) is 22.6. The molecule has 4 heteroatoms. The highest BCUT2D eigenvalue weighted by molar-refractivity contribution is 6.74. The van der Waals surface area contributed by atoms with Gasteiger partial charge in [0.1, 0.15) is 0 Å². The third-order valence-electron chi connectivity index (χ3n) is 10.7. The summed E-state index contributed by atoms with van der Waals surface area (Å²) in [5.41, 5.74) is 0.580. The number of nitrogens with zero attached hydrogens (tertiary/aromatic N) is 1. The van der Waals surface area contributed by atoms with Crippen molar-refractivity contribution >= 4 is 8.32 Å². The zero-order valence-electron chi connectivity index (χ0n) is 20.3. The summed E-state index contributed by atoms with van der Waals surface area (Å²) in [6, 6.07) is 2.31. The standard InChI is InChI=1S/C26H43NO2Si/c1-23(2,3)30(6,7)29-19-10-13-24(4)18(16-19)8-9-20-21(24)11-14-25(5)22(20)12-15-26(25,28)17-27/h8,19-22,28H,9-16H2,1-7H3/t19-,20+,21-,22-,24-,25-,26?/m0/s1/i17+1. The number of allylic oxidation sites excluding steroid dienone is 1. The Bertz CT molecular complexity index is 777. The van der Waals surface area contributed by atoms with Gasteiger partial charge in [0.25, 0.3) is 0 Å². The van der Waals surface area contributed by atoms with Crippen molar-refractivity contribution in [3.05, 3.63) is 11.6 Å². The van der Waals surface area contributed by atoms with Crippen molar-refractivity contribution in [2.75, 3.05) is 0 Å². The number of rotatable bonds is 2. The molecule has 0 spiro atoms. The van der Waals surface area contributed by atoms with E-state index < -0.39 is 13.9 Å². The molecule has 3 fully saturated rings. The fraction of sp³-hybridized carbons (Fsp3) is 0.885. The van der Waals surface area contributed by atoms with E-state index in [1.54, 1.807) is 5.57 Å². The quantitative estimate of drug-likeness (QED) is 0.232. The van der Waals surface area contributed by atoms with Crippen LogP contribution in [-0.2, 0) is 4.43 Å². The summed E-state index contributed by atoms with van der Waals surface area (Å²) in [6.07, 6.45) is 11.4. The van der Waals surface area contributed by atoms with E-state index in [1.165, 1.54) is 12.8 Å². The van der Waals surface area contributed by atoms with Crippen molar-refractivity contribution in [3.63, 3.8) is 0 Å². The zero-order valence-corrected chi connectivity index (χ0v) is 21.3. The molecular formula is C26H43NO2Si. The smallest absolute Gasteiger partial charge is 0.192 e. The molecule has 7 atom stereocenters. The Morgan fingerprint density at radius 2 is 1.77 bits per heavy atom. The summed E-state index contributed by atoms with van der Waals surface area (Å²) in [5.74, 6) is 1.81. The lowest BCUT2D eigenvalue weighted by Crippen LogP contribution is -2.54. The third kappa shape index (κ3) is 3.10. The van der Waals surface area contributed by atoms with Gasteiger partial charge in [0.05, 0.1) is 6.07 Å². The van der Waals surface area contributed by atoms with Gasteiger partial charge in [-0.15, -0.1) is 0 Å². The predicted molar refractivity (Wildman–Crippen MR) is 124 cm³/mol. The summed E-state index contributed by atoms with van der Waals surface area (Å²) >= 11 is 0. The first-order valence-corrected chi connectivity index (χ1v) is 15.2. The number of fused-ring (bicyclic) bond motifs is 5. The molecule has 4 rings (SSSR count). The van der Waals surface area contributed by atoms with Crippen LogP contribution in [-0.4, -0.2) is 25.1 Å². The van der Waals surface area contributed by atoms with Crippen LogP contribution < -0.4 is 0 Å². The number of nitriles is 1. The highest BCUT2D eigenvalue weighted by atomic mass is 28.4. The summed E-state index contributed by atoms with van der Waals surface area (Å²) < 4.78 is 6.83. The second-order valence-electron chi connectivity index (χ2n) is 13.0. The van der Waals surface area contributed by atoms with Gasteiger partial charge in [0.2, 0.25) is 0 Å². The molecule has 0 aromatic carbocycles. The van der Waals surface area contributed by atoms with Gasteiger partial charge in [-0.2, -0.15) is 5.26 Å². The van der Waals surface area contributed by atoms with Crippen molar-refractivity contribution in [1.82, 2.24) is 0 Å². The average molecular weight is 431 g/mol. The average Bonchev–Trinajstić information content (AvgIpc) is 2.93. The van der Waals surface area contributed by atoms with Crippen LogP contribution in [0.3, 0.4) is 0 Å². The molecule has 0 heterocycles. The Morgan fingerprint density at radius 3 is 2.40 bits per heavy atom. The van der Waals surface area contributed by atoms with Gasteiger partial charge in [-0.1, -0.05) is 46.3 Å². The van der Waals surface area contributed by atoms with Gasteiger partial charge in [0, 0.05) is 11.5 Å². The maximum atomic E-state index is 11.1. The van der Waals surface area contributed by atoms with Crippen molar-refractivity contribution in [1.29, 1.82) is 5.26 Å². The van der Waals surface area contributed by atoms with Crippen molar-refractivity contribution in [3.8, 4) is 6.07 Å². The molecule has 1 unspecified atom stereocenters. The topological polar surface area (TPSA) is 53.2 Å². The maximum absolute atomic E-state index is 11.1. The predicted octanol–water partition coefficient (Wildman–Crippen LogP) is 6.59. The number of hydrogen-bond donors (Lipinski definition) is 1. The van der Waals surface area contributed by atoms with E-state index >= 15 is 0 Å². The van der Waals surface area contributed by atoms with E-state index in [4.69, 9.17) is 4.43 Å². The minimum atomic E-state index is -1.74. The molecule has 168 valence electrons. The Morgan fingerprint density at radius 1 is 1.10 bits per heavy atom. The second-order valence-corrected chi connectivity index (χ2v) is 17.7. The van der Waals surface area contributed by atoms with Gasteiger partial charge in [0.15, 0.2) is 13.9 Å². The molecule has 0 amide bonds. The van der Waals surface area contributed by atoms with Gasteiger partial charge in [-0.3, -0.25) is 0 Å². The Labute approximate surface area is 185 Å². The van der Waals surface area contributed by atoms with Crippen LogP contribution in [0.2, 0.25) is 18.1 Å². The number of aliphatic hydroxyl groups is 1. The van der Waals surface area contributed by atoms with E-state index in [-0.39, 0.29) is 15.9 Å². The van der Waals surface area contributed by atoms with E-state index in [0.717, 1.165) is 32.1 Å². The SMILES string of the molecule is CC(C)(C)[Si](C)(C)O[C@H]1CC[C@@]2(C)C(=CC[C@@H]3[C@@H]2CC[C@@]2(C)[C@H]3CCC2(O)[13C]#N)C1. The zero-order chi connectivity index (χ0) is 22.2. The third-order valence-corrected chi connectivity index (χ3v) is 15.2. The highest BCUT2D eigenvalue weighted by Gasteiger charge is 2.64. The van der Waals surface area contributed by atoms with Crippen LogP contribution in [0.4, 0.5) is 0 Å². The van der Waals surface area contributed by atoms with Crippen LogP contribution in [0.15, 0.2) is 11.6 Å². The lowest BCUT2D eigenvalue weighted by Gasteiger charge is -2.58. The fourth-order valence-corrected chi connectivity index (χ4v) is 8.91. The minimum Gasteiger partial charge on any atom is -0.414 e. The maximum Gasteiger partial charge on any atom is 0.192 e. The van der Waals surface area contributed by atoms with E-state index in [1.807, 2.05) is 0 Å². The Kier molecular flexibility index (Phi) is 5.21. The molecule has 4 aliphatic rings. The van der Waals surface area contributed by atoms with Crippen LogP contribution in [0.5, 0.6) is 0 Å². The van der Waals surface area contributed by atoms with Gasteiger partial charge in [-0.05, 0) is 92.7 Å². The monoisotopic (exact) mass is 430 g/mol. The van der Waals surface area contributed by atoms with Crippen molar-refractivity contribution in [2.24, 2.45) is 28.6 Å². The van der Waals surface area contributed by atoms with E-state index in [0.29, 0.717) is 30.3 Å². The molecule has 0 aromatic rings. The molecule has 3 saturated carbocycles. The lowest BCUT2D eigenvalue weighted by molar-refractivity contribution is -0.0975. The molecule has 0 radical (unpaired) electrons. The lowest BCUT2D eigenvalue weighted by atomic mass is 9.47. The molecular weight excluding hydrogens is 387 g/mol. The summed E-state index contributed by atoms with van der Waals surface area (Å²) in [4.78, 5) is 0. The van der Waals surface area contributed by atoms with Crippen LogP contribution >= 0.6 is 0 Å². The fourth-order valence-electron chi connectivity index (χ4n) is 7.52. The molecule has 4 aliphatic carbocycles. The second kappa shape index (κ2) is 6.93. The largest absolute Gasteiger partial charge is 0.414 e. The van der Waals surface area contributed by atoms with Crippen molar-refractivity contribution in [2.45, 2.75) is 116 Å². The van der Waals surface area contributed by atoms with Crippen LogP contribution in [0.1, 0.15) is 86.0 Å². The molecule has 0 saturated heterocycles. The van der Waals surface area contributed by atoms with Crippen LogP contribution in [0, 0.1) is 39.9 Å². The molecule has 1 N–H and O–H groups in total. The Hall–Kier alpha value is -0.633. The molecule has 0 aromatic heterocycles. The molecule has 3 nitrogen and oxygen atoms in total. The summed E-state index contributed by atoms with van der Waals surface area (Å²) in [6.45, 7) is 16.5. The number of hydrogen-bond acceptors (Lipinski definition) is 3. The Balaban J connectivity index is 1.55. The first-order valence-electron chi connectivity index (χ1n) is 12.3. The van der Waals surface area contributed by atoms with Crippen molar-refractivity contribution < 1.29 is 9.53 Å². The normalized spacial score (nSPS) is 46.3. The minimum absolute atomic E-state index is 0.229. The van der Waals surface area contributed by atoms with Gasteiger partial charge in [-0.25, -0.2) is 0 Å². The van der Waals surface area contributed by atoms with Gasteiger partial charge >= 0.3 is 0 Å². The summed E-state index contributed by atoms with van der Waals surface area (Å²) in [5, 5.41) is 21.0. The van der Waals surface area contributed by atoms with E-state index in [9.17, 15) is 10.4 Å². The van der Waals surface area contributed by atoms with Gasteiger partial charge < -0.3 is 9.53 Å². The highest BCUT2D eigenvalue weighted by Crippen LogP contribution is 2.67. The summed E-state index contributed by atoms with van der Waals surface area (Å²) in [7, 11) is -1.74.